The molecule has 2 heterocycles. The van der Waals surface area contributed by atoms with Gasteiger partial charge in [0.2, 0.25) is 0 Å². The first kappa shape index (κ1) is 20.2. The van der Waals surface area contributed by atoms with Crippen molar-refractivity contribution in [2.24, 2.45) is 0 Å². The number of nitrogens with one attached hydrogen (secondary N) is 2. The zero-order valence-electron chi connectivity index (χ0n) is 16.5. The molecule has 2 aromatic rings. The van der Waals surface area contributed by atoms with Gasteiger partial charge in [-0.3, -0.25) is 4.79 Å². The van der Waals surface area contributed by atoms with Crippen LogP contribution < -0.4 is 15.4 Å². The van der Waals surface area contributed by atoms with Crippen LogP contribution in [0.2, 0.25) is 0 Å². The summed E-state index contributed by atoms with van der Waals surface area (Å²) in [6.07, 6.45) is -0.578. The molecule has 0 bridgehead atoms. The molecule has 1 saturated heterocycles. The molecular weight excluding hydrogens is 388 g/mol. The monoisotopic (exact) mass is 412 g/mol. The Morgan fingerprint density at radius 1 is 1.13 bits per heavy atom. The van der Waals surface area contributed by atoms with Gasteiger partial charge in [-0.25, -0.2) is 4.79 Å². The molecule has 0 aliphatic carbocycles. The van der Waals surface area contributed by atoms with Gasteiger partial charge in [0, 0.05) is 22.9 Å². The van der Waals surface area contributed by atoms with Crippen LogP contribution in [-0.2, 0) is 14.3 Å². The van der Waals surface area contributed by atoms with Crippen molar-refractivity contribution < 1.29 is 28.9 Å². The lowest BCUT2D eigenvalue weighted by molar-refractivity contribution is -0.156. The van der Waals surface area contributed by atoms with Gasteiger partial charge in [-0.1, -0.05) is 18.2 Å². The molecule has 0 unspecified atom stereocenters. The van der Waals surface area contributed by atoms with Gasteiger partial charge in [-0.15, -0.1) is 0 Å². The van der Waals surface area contributed by atoms with Gasteiger partial charge in [0.05, 0.1) is 26.2 Å². The van der Waals surface area contributed by atoms with Crippen molar-refractivity contribution in [3.63, 3.8) is 0 Å². The van der Waals surface area contributed by atoms with Gasteiger partial charge in [0.1, 0.15) is 18.0 Å². The van der Waals surface area contributed by atoms with E-state index in [1.54, 1.807) is 24.3 Å². The number of rotatable bonds is 5. The van der Waals surface area contributed by atoms with Crippen LogP contribution in [0.4, 0.5) is 16.2 Å². The standard InChI is InChI=1S/C22H24N2O6/c1-28-20(26)11-15-10-17-16-9-14(24-22(27)23-13-5-3-2-4-6-13)7-8-18(16)30-21(17)19(12-25)29-15/h2-9,15,17,19,21,25H,10-12H2,1H3,(H2,23,24,27)/t15-,17-,19-,21+/m1/s1. The Bertz CT molecular complexity index is 919. The second kappa shape index (κ2) is 8.73. The third-order valence-electron chi connectivity index (χ3n) is 5.41. The highest BCUT2D eigenvalue weighted by molar-refractivity contribution is 5.99. The number of carbonyl (C=O) groups is 2. The smallest absolute Gasteiger partial charge is 0.323 e. The quantitative estimate of drug-likeness (QED) is 0.652. The molecule has 2 aliphatic rings. The lowest BCUT2D eigenvalue weighted by atomic mass is 9.84. The molecule has 0 aromatic heterocycles. The number of aliphatic hydroxyl groups is 1. The zero-order chi connectivity index (χ0) is 21.1. The number of amides is 2. The molecule has 30 heavy (non-hydrogen) atoms. The van der Waals surface area contributed by atoms with Crippen LogP contribution in [-0.4, -0.2) is 49.1 Å². The maximum absolute atomic E-state index is 12.3. The second-order valence-electron chi connectivity index (χ2n) is 7.38. The van der Waals surface area contributed by atoms with Gasteiger partial charge >= 0.3 is 12.0 Å². The summed E-state index contributed by atoms with van der Waals surface area (Å²) < 4.78 is 16.6. The van der Waals surface area contributed by atoms with E-state index in [0.29, 0.717) is 23.5 Å². The number of esters is 1. The molecule has 158 valence electrons. The summed E-state index contributed by atoms with van der Waals surface area (Å²) in [6, 6.07) is 14.3. The minimum Gasteiger partial charge on any atom is -0.487 e. The van der Waals surface area contributed by atoms with Crippen LogP contribution in [0.1, 0.15) is 24.3 Å². The molecule has 2 amide bonds. The van der Waals surface area contributed by atoms with E-state index in [1.165, 1.54) is 7.11 Å². The van der Waals surface area contributed by atoms with E-state index in [4.69, 9.17) is 14.2 Å². The number of methoxy groups -OCH3 is 1. The number of aliphatic hydroxyl groups excluding tert-OH is 1. The summed E-state index contributed by atoms with van der Waals surface area (Å²) in [7, 11) is 1.34. The van der Waals surface area contributed by atoms with Gasteiger partial charge in [0.15, 0.2) is 0 Å². The van der Waals surface area contributed by atoms with Crippen molar-refractivity contribution in [2.75, 3.05) is 24.4 Å². The van der Waals surface area contributed by atoms with Crippen LogP contribution in [0.5, 0.6) is 5.75 Å². The van der Waals surface area contributed by atoms with Crippen LogP contribution in [0, 0.1) is 0 Å². The molecule has 8 heteroatoms. The Morgan fingerprint density at radius 2 is 1.90 bits per heavy atom. The first-order chi connectivity index (χ1) is 14.6. The van der Waals surface area contributed by atoms with Gasteiger partial charge < -0.3 is 30.0 Å². The predicted octanol–water partition coefficient (Wildman–Crippen LogP) is 2.89. The van der Waals surface area contributed by atoms with Gasteiger partial charge in [0.25, 0.3) is 0 Å². The predicted molar refractivity (Wildman–Crippen MR) is 110 cm³/mol. The first-order valence-corrected chi connectivity index (χ1v) is 9.84. The number of fused-ring (bicyclic) bond motifs is 3. The summed E-state index contributed by atoms with van der Waals surface area (Å²) in [6.45, 7) is -0.211. The molecule has 2 aliphatic heterocycles. The number of hydrogen-bond donors (Lipinski definition) is 3. The Hall–Kier alpha value is -3.10. The van der Waals surface area contributed by atoms with Crippen LogP contribution in [0.15, 0.2) is 48.5 Å². The zero-order valence-corrected chi connectivity index (χ0v) is 16.5. The summed E-state index contributed by atoms with van der Waals surface area (Å²) in [4.78, 5) is 24.0. The van der Waals surface area contributed by atoms with E-state index >= 15 is 0 Å². The Labute approximate surface area is 174 Å². The third-order valence-corrected chi connectivity index (χ3v) is 5.41. The minimum absolute atomic E-state index is 0.0560. The fourth-order valence-corrected chi connectivity index (χ4v) is 4.05. The molecule has 4 rings (SSSR count). The molecular formula is C22H24N2O6. The number of ether oxygens (including phenoxy) is 3. The first-order valence-electron chi connectivity index (χ1n) is 9.84. The van der Waals surface area contributed by atoms with Crippen LogP contribution in [0.25, 0.3) is 0 Å². The fourth-order valence-electron chi connectivity index (χ4n) is 4.05. The largest absolute Gasteiger partial charge is 0.487 e. The highest BCUT2D eigenvalue weighted by Crippen LogP contribution is 2.47. The number of urea groups is 1. The average Bonchev–Trinajstić information content (AvgIpc) is 3.11. The summed E-state index contributed by atoms with van der Waals surface area (Å²) in [5.41, 5.74) is 2.25. The van der Waals surface area contributed by atoms with Crippen LogP contribution >= 0.6 is 0 Å². The van der Waals surface area contributed by atoms with E-state index < -0.39 is 6.10 Å². The SMILES string of the molecule is COC(=O)C[C@H]1C[C@@H]2c3cc(NC(=O)Nc4ccccc4)ccc3O[C@@H]2[C@@H](CO)O1. The number of anilines is 2. The van der Waals surface area contributed by atoms with E-state index in [0.717, 1.165) is 5.56 Å². The van der Waals surface area contributed by atoms with Crippen molar-refractivity contribution in [3.05, 3.63) is 54.1 Å². The van der Waals surface area contributed by atoms with Gasteiger partial charge in [-0.2, -0.15) is 0 Å². The van der Waals surface area contributed by atoms with Crippen LogP contribution in [0.3, 0.4) is 0 Å². The fraction of sp³-hybridized carbons (Fsp3) is 0.364. The van der Waals surface area contributed by atoms with Crippen molar-refractivity contribution in [2.45, 2.75) is 37.1 Å². The Balaban J connectivity index is 1.49. The molecule has 0 spiro atoms. The van der Waals surface area contributed by atoms with Crippen molar-refractivity contribution >= 4 is 23.4 Å². The van der Waals surface area contributed by atoms with E-state index in [9.17, 15) is 14.7 Å². The Morgan fingerprint density at radius 3 is 2.63 bits per heavy atom. The molecule has 4 atom stereocenters. The third kappa shape index (κ3) is 4.24. The van der Waals surface area contributed by atoms with Gasteiger partial charge in [-0.05, 0) is 36.8 Å². The molecule has 0 radical (unpaired) electrons. The molecule has 8 nitrogen and oxygen atoms in total. The number of hydrogen-bond acceptors (Lipinski definition) is 6. The minimum atomic E-state index is -0.538. The molecule has 0 saturated carbocycles. The maximum Gasteiger partial charge on any atom is 0.323 e. The maximum atomic E-state index is 12.3. The topological polar surface area (TPSA) is 106 Å². The second-order valence-corrected chi connectivity index (χ2v) is 7.38. The van der Waals surface area contributed by atoms with Crippen molar-refractivity contribution in [3.8, 4) is 5.75 Å². The highest BCUT2D eigenvalue weighted by atomic mass is 16.6. The number of para-hydroxylation sites is 1. The lowest BCUT2D eigenvalue weighted by Gasteiger charge is -2.36. The van der Waals surface area contributed by atoms with Crippen molar-refractivity contribution in [1.82, 2.24) is 0 Å². The number of benzene rings is 2. The average molecular weight is 412 g/mol. The lowest BCUT2D eigenvalue weighted by Crippen LogP contribution is -2.46. The van der Waals surface area contributed by atoms with E-state index in [1.807, 2.05) is 24.3 Å². The van der Waals surface area contributed by atoms with E-state index in [-0.39, 0.29) is 43.2 Å². The molecule has 3 N–H and O–H groups in total. The summed E-state index contributed by atoms with van der Waals surface area (Å²) in [5, 5.41) is 15.4. The highest BCUT2D eigenvalue weighted by Gasteiger charge is 2.46. The van der Waals surface area contributed by atoms with Crippen molar-refractivity contribution in [1.29, 1.82) is 0 Å². The molecule has 1 fully saturated rings. The number of carbonyl (C=O) groups excluding carboxylic acids is 2. The van der Waals surface area contributed by atoms with E-state index in [2.05, 4.69) is 10.6 Å². The summed E-state index contributed by atoms with van der Waals surface area (Å²) >= 11 is 0. The normalized spacial score (nSPS) is 24.2. The molecule has 2 aromatic carbocycles. The Kier molecular flexibility index (Phi) is 5.87. The summed E-state index contributed by atoms with van der Waals surface area (Å²) in [5.74, 6) is 0.279.